The minimum absolute atomic E-state index is 0.395. The van der Waals surface area contributed by atoms with Gasteiger partial charge < -0.3 is 4.90 Å². The molecule has 0 aromatic carbocycles. The molecule has 0 aromatic heterocycles. The van der Waals surface area contributed by atoms with Crippen molar-refractivity contribution < 1.29 is 4.79 Å². The van der Waals surface area contributed by atoms with E-state index in [0.29, 0.717) is 16.7 Å². The fraction of sp³-hybridized carbons (Fsp3) is 0.875. The third kappa shape index (κ3) is 1.58. The number of rotatable bonds is 1. The highest BCUT2D eigenvalue weighted by molar-refractivity contribution is 9.09. The van der Waals surface area contributed by atoms with E-state index < -0.39 is 0 Å². The molecule has 1 aliphatic carbocycles. The molecule has 1 amide bonds. The van der Waals surface area contributed by atoms with Crippen LogP contribution in [0.4, 0.5) is 0 Å². The Labute approximate surface area is 75.1 Å². The smallest absolute Gasteiger partial charge is 0.225 e. The summed E-state index contributed by atoms with van der Waals surface area (Å²) in [5.74, 6) is 0.791. The summed E-state index contributed by atoms with van der Waals surface area (Å²) in [6.45, 7) is 1.89. The van der Waals surface area contributed by atoms with E-state index in [4.69, 9.17) is 0 Å². The van der Waals surface area contributed by atoms with E-state index in [1.807, 2.05) is 4.90 Å². The van der Waals surface area contributed by atoms with Gasteiger partial charge in [-0.25, -0.2) is 0 Å². The quantitative estimate of drug-likeness (QED) is 0.609. The first-order chi connectivity index (χ1) is 5.27. The second-order valence-electron chi connectivity index (χ2n) is 3.44. The standard InChI is InChI=1S/C8H12BrNO/c9-7-3-4-10(5-7)8(11)6-1-2-6/h6-7H,1-5H2. The van der Waals surface area contributed by atoms with E-state index in [2.05, 4.69) is 15.9 Å². The summed E-state index contributed by atoms with van der Waals surface area (Å²) in [7, 11) is 0. The Kier molecular flexibility index (Phi) is 1.91. The largest absolute Gasteiger partial charge is 0.341 e. The van der Waals surface area contributed by atoms with Gasteiger partial charge in [0.25, 0.3) is 0 Å². The normalized spacial score (nSPS) is 31.0. The van der Waals surface area contributed by atoms with Gasteiger partial charge in [-0.15, -0.1) is 0 Å². The zero-order valence-electron chi connectivity index (χ0n) is 6.42. The lowest BCUT2D eigenvalue weighted by molar-refractivity contribution is -0.131. The molecule has 1 atom stereocenters. The van der Waals surface area contributed by atoms with Gasteiger partial charge in [0.15, 0.2) is 0 Å². The lowest BCUT2D eigenvalue weighted by Gasteiger charge is -2.14. The summed E-state index contributed by atoms with van der Waals surface area (Å²) >= 11 is 3.52. The summed E-state index contributed by atoms with van der Waals surface area (Å²) < 4.78 is 0. The summed E-state index contributed by atoms with van der Waals surface area (Å²) in [6, 6.07) is 0. The van der Waals surface area contributed by atoms with Gasteiger partial charge in [-0.1, -0.05) is 15.9 Å². The van der Waals surface area contributed by atoms with Crippen LogP contribution in [0.25, 0.3) is 0 Å². The van der Waals surface area contributed by atoms with E-state index >= 15 is 0 Å². The summed E-state index contributed by atoms with van der Waals surface area (Å²) in [5, 5.41) is 0. The first-order valence-corrected chi connectivity index (χ1v) is 5.12. The van der Waals surface area contributed by atoms with Gasteiger partial charge in [-0.05, 0) is 19.3 Å². The number of hydrogen-bond acceptors (Lipinski definition) is 1. The van der Waals surface area contributed by atoms with Crippen molar-refractivity contribution in [2.45, 2.75) is 24.1 Å². The Morgan fingerprint density at radius 3 is 2.55 bits per heavy atom. The fourth-order valence-electron chi connectivity index (χ4n) is 1.51. The maximum Gasteiger partial charge on any atom is 0.225 e. The fourth-order valence-corrected chi connectivity index (χ4v) is 2.06. The van der Waals surface area contributed by atoms with Gasteiger partial charge >= 0.3 is 0 Å². The van der Waals surface area contributed by atoms with Gasteiger partial charge in [0.1, 0.15) is 0 Å². The van der Waals surface area contributed by atoms with E-state index in [1.165, 1.54) is 0 Å². The highest BCUT2D eigenvalue weighted by Gasteiger charge is 2.35. The van der Waals surface area contributed by atoms with E-state index in [0.717, 1.165) is 32.4 Å². The molecule has 0 aromatic rings. The van der Waals surface area contributed by atoms with Crippen LogP contribution in [-0.2, 0) is 4.79 Å². The third-order valence-corrected chi connectivity index (χ3v) is 3.12. The molecular formula is C8H12BrNO. The van der Waals surface area contributed by atoms with Crippen LogP contribution in [-0.4, -0.2) is 28.7 Å². The number of carbonyl (C=O) groups is 1. The number of halogens is 1. The second kappa shape index (κ2) is 2.77. The van der Waals surface area contributed by atoms with Crippen molar-refractivity contribution in [1.82, 2.24) is 4.90 Å². The lowest BCUT2D eigenvalue weighted by Crippen LogP contribution is -2.29. The Hall–Kier alpha value is -0.0500. The molecule has 2 aliphatic rings. The number of carbonyl (C=O) groups excluding carboxylic acids is 1. The molecule has 0 radical (unpaired) electrons. The van der Waals surface area contributed by atoms with Crippen LogP contribution >= 0.6 is 15.9 Å². The predicted molar refractivity (Wildman–Crippen MR) is 46.6 cm³/mol. The molecule has 1 saturated heterocycles. The van der Waals surface area contributed by atoms with Crippen molar-refractivity contribution >= 4 is 21.8 Å². The molecule has 0 bridgehead atoms. The molecule has 0 N–H and O–H groups in total. The molecule has 11 heavy (non-hydrogen) atoms. The Morgan fingerprint density at radius 2 is 2.09 bits per heavy atom. The Bertz CT molecular complexity index is 179. The Balaban J connectivity index is 1.89. The van der Waals surface area contributed by atoms with E-state index in [-0.39, 0.29) is 0 Å². The Morgan fingerprint density at radius 1 is 1.36 bits per heavy atom. The summed E-state index contributed by atoms with van der Waals surface area (Å²) in [5.41, 5.74) is 0. The number of nitrogens with zero attached hydrogens (tertiary/aromatic N) is 1. The van der Waals surface area contributed by atoms with Crippen molar-refractivity contribution in [2.75, 3.05) is 13.1 Å². The van der Waals surface area contributed by atoms with Crippen LogP contribution in [0.2, 0.25) is 0 Å². The predicted octanol–water partition coefficient (Wildman–Crippen LogP) is 1.39. The van der Waals surface area contributed by atoms with Crippen LogP contribution in [0.15, 0.2) is 0 Å². The monoisotopic (exact) mass is 217 g/mol. The van der Waals surface area contributed by atoms with Gasteiger partial charge in [-0.2, -0.15) is 0 Å². The van der Waals surface area contributed by atoms with Crippen LogP contribution in [0.5, 0.6) is 0 Å². The van der Waals surface area contributed by atoms with Crippen LogP contribution in [0.1, 0.15) is 19.3 Å². The topological polar surface area (TPSA) is 20.3 Å². The van der Waals surface area contributed by atoms with E-state index in [9.17, 15) is 4.79 Å². The number of alkyl halides is 1. The molecule has 1 unspecified atom stereocenters. The summed E-state index contributed by atoms with van der Waals surface area (Å²) in [6.07, 6.45) is 3.38. The van der Waals surface area contributed by atoms with Gasteiger partial charge in [0.2, 0.25) is 5.91 Å². The molecule has 2 fully saturated rings. The molecular weight excluding hydrogens is 206 g/mol. The minimum Gasteiger partial charge on any atom is -0.341 e. The van der Waals surface area contributed by atoms with Crippen molar-refractivity contribution in [3.63, 3.8) is 0 Å². The molecule has 2 rings (SSSR count). The molecule has 62 valence electrons. The zero-order chi connectivity index (χ0) is 7.84. The molecule has 2 nitrogen and oxygen atoms in total. The third-order valence-electron chi connectivity index (χ3n) is 2.37. The van der Waals surface area contributed by atoms with E-state index in [1.54, 1.807) is 0 Å². The second-order valence-corrected chi connectivity index (χ2v) is 4.74. The first kappa shape index (κ1) is 7.59. The van der Waals surface area contributed by atoms with Crippen LogP contribution in [0, 0.1) is 5.92 Å². The average Bonchev–Trinajstić information content (AvgIpc) is 2.74. The van der Waals surface area contributed by atoms with Gasteiger partial charge in [-0.3, -0.25) is 4.79 Å². The van der Waals surface area contributed by atoms with Crippen molar-refractivity contribution in [3.05, 3.63) is 0 Å². The van der Waals surface area contributed by atoms with Gasteiger partial charge in [0, 0.05) is 23.8 Å². The summed E-state index contributed by atoms with van der Waals surface area (Å²) in [4.78, 5) is 14.0. The minimum atomic E-state index is 0.395. The highest BCUT2D eigenvalue weighted by Crippen LogP contribution is 2.32. The van der Waals surface area contributed by atoms with Crippen LogP contribution < -0.4 is 0 Å². The molecule has 1 saturated carbocycles. The first-order valence-electron chi connectivity index (χ1n) is 4.20. The van der Waals surface area contributed by atoms with Crippen molar-refractivity contribution in [3.8, 4) is 0 Å². The number of amides is 1. The average molecular weight is 218 g/mol. The van der Waals surface area contributed by atoms with Crippen LogP contribution in [0.3, 0.4) is 0 Å². The maximum atomic E-state index is 11.5. The molecule has 0 spiro atoms. The van der Waals surface area contributed by atoms with Gasteiger partial charge in [0.05, 0.1) is 0 Å². The molecule has 1 aliphatic heterocycles. The van der Waals surface area contributed by atoms with Crippen molar-refractivity contribution in [2.24, 2.45) is 5.92 Å². The lowest BCUT2D eigenvalue weighted by atomic mass is 10.3. The highest BCUT2D eigenvalue weighted by atomic mass is 79.9. The maximum absolute atomic E-state index is 11.5. The molecule has 3 heteroatoms. The zero-order valence-corrected chi connectivity index (χ0v) is 8.01. The number of hydrogen-bond donors (Lipinski definition) is 0. The van der Waals surface area contributed by atoms with Crippen molar-refractivity contribution in [1.29, 1.82) is 0 Å². The molecule has 1 heterocycles. The SMILES string of the molecule is O=C(C1CC1)N1CCC(Br)C1. The number of likely N-dealkylation sites (tertiary alicyclic amines) is 1.